The minimum Gasteiger partial charge on any atom is -0.300 e. The van der Waals surface area contributed by atoms with Crippen molar-refractivity contribution in [1.82, 2.24) is 9.21 Å². The van der Waals surface area contributed by atoms with Crippen molar-refractivity contribution in [2.75, 3.05) is 20.1 Å². The maximum atomic E-state index is 12.9. The van der Waals surface area contributed by atoms with E-state index in [-0.39, 0.29) is 23.3 Å². The van der Waals surface area contributed by atoms with Gasteiger partial charge < -0.3 is 4.90 Å². The van der Waals surface area contributed by atoms with Crippen molar-refractivity contribution >= 4 is 34.0 Å². The molecule has 1 heterocycles. The maximum Gasteiger partial charge on any atom is 0.244 e. The van der Waals surface area contributed by atoms with E-state index in [1.165, 1.54) is 12.8 Å². The quantitative estimate of drug-likeness (QED) is 0.757. The molecule has 0 spiro atoms. The van der Waals surface area contributed by atoms with Crippen molar-refractivity contribution in [3.8, 4) is 0 Å². The molecule has 0 N–H and O–H groups in total. The molecule has 25 heavy (non-hydrogen) atoms. The fraction of sp³-hybridized carbons (Fsp3) is 0.667. The number of likely N-dealkylation sites (tertiary alicyclic amines) is 1. The highest BCUT2D eigenvalue weighted by molar-refractivity contribution is 7.89. The Balaban J connectivity index is 0.00000225. The zero-order chi connectivity index (χ0) is 17.3. The molecular formula is C18H28Cl2N2O2S. The van der Waals surface area contributed by atoms with E-state index in [0.29, 0.717) is 11.1 Å². The monoisotopic (exact) mass is 406 g/mol. The van der Waals surface area contributed by atoms with Gasteiger partial charge in [0.05, 0.1) is 5.02 Å². The first-order valence-electron chi connectivity index (χ1n) is 8.86. The predicted octanol–water partition coefficient (Wildman–Crippen LogP) is 4.04. The van der Waals surface area contributed by atoms with Crippen LogP contribution in [0.5, 0.6) is 0 Å². The zero-order valence-electron chi connectivity index (χ0n) is 14.9. The van der Waals surface area contributed by atoms with Gasteiger partial charge in [-0.05, 0) is 63.2 Å². The van der Waals surface area contributed by atoms with Crippen LogP contribution < -0.4 is 0 Å². The van der Waals surface area contributed by atoms with Crippen LogP contribution in [0.4, 0.5) is 0 Å². The van der Waals surface area contributed by atoms with E-state index in [2.05, 4.69) is 11.8 Å². The van der Waals surface area contributed by atoms with Gasteiger partial charge in [0.1, 0.15) is 4.90 Å². The number of sulfonamides is 1. The molecule has 1 aliphatic heterocycles. The summed E-state index contributed by atoms with van der Waals surface area (Å²) in [6, 6.07) is 7.28. The Morgan fingerprint density at radius 2 is 1.76 bits per heavy atom. The van der Waals surface area contributed by atoms with E-state index in [0.717, 1.165) is 38.3 Å². The Morgan fingerprint density at radius 3 is 2.40 bits per heavy atom. The van der Waals surface area contributed by atoms with Crippen LogP contribution in [0.15, 0.2) is 29.2 Å². The highest BCUT2D eigenvalue weighted by atomic mass is 35.5. The van der Waals surface area contributed by atoms with Crippen LogP contribution in [0, 0.1) is 5.92 Å². The summed E-state index contributed by atoms with van der Waals surface area (Å²) in [5.74, 6) is 0.821. The summed E-state index contributed by atoms with van der Waals surface area (Å²) < 4.78 is 27.3. The molecule has 2 atom stereocenters. The van der Waals surface area contributed by atoms with Gasteiger partial charge in [0, 0.05) is 19.1 Å². The van der Waals surface area contributed by atoms with E-state index < -0.39 is 10.0 Å². The third-order valence-electron chi connectivity index (χ3n) is 5.72. The Labute approximate surface area is 163 Å². The minimum absolute atomic E-state index is 0. The minimum atomic E-state index is -3.53. The van der Waals surface area contributed by atoms with E-state index in [4.69, 9.17) is 11.6 Å². The molecule has 2 aliphatic rings. The predicted molar refractivity (Wildman–Crippen MR) is 105 cm³/mol. The van der Waals surface area contributed by atoms with Crippen LogP contribution in [-0.4, -0.2) is 49.8 Å². The molecular weight excluding hydrogens is 379 g/mol. The lowest BCUT2D eigenvalue weighted by atomic mass is 9.97. The van der Waals surface area contributed by atoms with Crippen LogP contribution in [-0.2, 0) is 10.0 Å². The number of nitrogens with zero attached hydrogens (tertiary/aromatic N) is 2. The van der Waals surface area contributed by atoms with Crippen molar-refractivity contribution in [3.63, 3.8) is 0 Å². The lowest BCUT2D eigenvalue weighted by molar-refractivity contribution is 0.136. The Morgan fingerprint density at radius 1 is 1.12 bits per heavy atom. The Hall–Kier alpha value is -0.330. The molecule has 3 rings (SSSR count). The van der Waals surface area contributed by atoms with Gasteiger partial charge >= 0.3 is 0 Å². The smallest absolute Gasteiger partial charge is 0.244 e. The second kappa shape index (κ2) is 8.57. The molecule has 1 aromatic rings. The molecule has 0 amide bonds. The number of hydrogen-bond acceptors (Lipinski definition) is 3. The van der Waals surface area contributed by atoms with Gasteiger partial charge in [0.2, 0.25) is 10.0 Å². The number of rotatable bonds is 4. The molecule has 4 nitrogen and oxygen atoms in total. The molecule has 0 unspecified atom stereocenters. The molecule has 7 heteroatoms. The van der Waals surface area contributed by atoms with Gasteiger partial charge in [-0.1, -0.05) is 30.7 Å². The maximum absolute atomic E-state index is 12.9. The average molecular weight is 407 g/mol. The molecule has 2 fully saturated rings. The second-order valence-corrected chi connectivity index (χ2v) is 9.66. The molecule has 0 aromatic heterocycles. The lowest BCUT2D eigenvalue weighted by Crippen LogP contribution is -2.41. The van der Waals surface area contributed by atoms with E-state index >= 15 is 0 Å². The molecule has 1 saturated heterocycles. The molecule has 0 radical (unpaired) electrons. The first-order valence-corrected chi connectivity index (χ1v) is 10.7. The molecule has 142 valence electrons. The van der Waals surface area contributed by atoms with Crippen molar-refractivity contribution < 1.29 is 8.42 Å². The average Bonchev–Trinajstić information content (AvgIpc) is 3.05. The summed E-state index contributed by atoms with van der Waals surface area (Å²) in [5.41, 5.74) is 0. The topological polar surface area (TPSA) is 40.6 Å². The number of piperidine rings is 1. The Kier molecular flexibility index (Phi) is 7.19. The Bertz CT molecular complexity index is 675. The molecule has 1 aliphatic carbocycles. The van der Waals surface area contributed by atoms with Gasteiger partial charge in [-0.25, -0.2) is 8.42 Å². The highest BCUT2D eigenvalue weighted by Gasteiger charge is 2.37. The van der Waals surface area contributed by atoms with Crippen LogP contribution in [0.3, 0.4) is 0 Å². The molecule has 1 saturated carbocycles. The third-order valence-corrected chi connectivity index (χ3v) is 8.13. The van der Waals surface area contributed by atoms with Crippen molar-refractivity contribution in [3.05, 3.63) is 29.3 Å². The summed E-state index contributed by atoms with van der Waals surface area (Å²) in [4.78, 5) is 2.78. The summed E-state index contributed by atoms with van der Waals surface area (Å²) in [7, 11) is -1.83. The standard InChI is InChI=1S/C18H27ClN2O2S.ClH/c1-14-9-11-21(12-10-14)16-8-7-15(13-16)20(2)24(22,23)18-6-4-3-5-17(18)19;/h3-6,14-16H,7-13H2,1-2H3;1H/t15-,16+;/m1./s1. The fourth-order valence-corrected chi connectivity index (χ4v) is 5.88. The molecule has 1 aromatic carbocycles. The second-order valence-electron chi connectivity index (χ2n) is 7.29. The summed E-state index contributed by atoms with van der Waals surface area (Å²) in [6.07, 6.45) is 5.46. The van der Waals surface area contributed by atoms with Crippen molar-refractivity contribution in [2.24, 2.45) is 5.92 Å². The fourth-order valence-electron chi connectivity index (χ4n) is 4.00. The number of hydrogen-bond donors (Lipinski definition) is 0. The van der Waals surface area contributed by atoms with Crippen LogP contribution in [0.1, 0.15) is 39.0 Å². The van der Waals surface area contributed by atoms with Gasteiger partial charge in [-0.15, -0.1) is 12.4 Å². The summed E-state index contributed by atoms with van der Waals surface area (Å²) >= 11 is 6.11. The first-order chi connectivity index (χ1) is 11.4. The summed E-state index contributed by atoms with van der Waals surface area (Å²) in [5, 5.41) is 0.295. The largest absolute Gasteiger partial charge is 0.300 e. The van der Waals surface area contributed by atoms with Crippen LogP contribution >= 0.6 is 24.0 Å². The number of benzene rings is 1. The molecule has 0 bridgehead atoms. The van der Waals surface area contributed by atoms with E-state index in [1.807, 2.05) is 0 Å². The van der Waals surface area contributed by atoms with Crippen molar-refractivity contribution in [1.29, 1.82) is 0 Å². The van der Waals surface area contributed by atoms with Gasteiger partial charge in [-0.2, -0.15) is 4.31 Å². The van der Waals surface area contributed by atoms with Crippen LogP contribution in [0.2, 0.25) is 5.02 Å². The normalized spacial score (nSPS) is 25.9. The van der Waals surface area contributed by atoms with Gasteiger partial charge in [-0.3, -0.25) is 0 Å². The summed E-state index contributed by atoms with van der Waals surface area (Å²) in [6.45, 7) is 4.62. The lowest BCUT2D eigenvalue weighted by Gasteiger charge is -2.35. The van der Waals surface area contributed by atoms with Crippen molar-refractivity contribution in [2.45, 2.75) is 56.0 Å². The highest BCUT2D eigenvalue weighted by Crippen LogP contribution is 2.33. The SMILES string of the molecule is CC1CCN([C@H]2CC[C@@H](N(C)S(=O)(=O)c3ccccc3Cl)C2)CC1.Cl. The van der Waals surface area contributed by atoms with E-state index in [9.17, 15) is 8.42 Å². The van der Waals surface area contributed by atoms with Crippen LogP contribution in [0.25, 0.3) is 0 Å². The van der Waals surface area contributed by atoms with Gasteiger partial charge in [0.15, 0.2) is 0 Å². The first kappa shape index (κ1) is 21.0. The van der Waals surface area contributed by atoms with E-state index in [1.54, 1.807) is 35.6 Å². The number of halogens is 2. The van der Waals surface area contributed by atoms with Gasteiger partial charge in [0.25, 0.3) is 0 Å². The zero-order valence-corrected chi connectivity index (χ0v) is 17.3. The third kappa shape index (κ3) is 4.51.